The van der Waals surface area contributed by atoms with Gasteiger partial charge in [-0.25, -0.2) is 0 Å². The van der Waals surface area contributed by atoms with Crippen molar-refractivity contribution in [3.8, 4) is 22.3 Å². The van der Waals surface area contributed by atoms with Crippen molar-refractivity contribution >= 4 is 111 Å². The third kappa shape index (κ3) is 7.79. The number of fused-ring (bicyclic) bond motifs is 13. The van der Waals surface area contributed by atoms with Crippen molar-refractivity contribution in [1.29, 1.82) is 0 Å². The molecule has 0 spiro atoms. The van der Waals surface area contributed by atoms with E-state index < -0.39 is 0 Å². The lowest BCUT2D eigenvalue weighted by atomic mass is 9.33. The third-order valence-electron chi connectivity index (χ3n) is 23.5. The van der Waals surface area contributed by atoms with Crippen molar-refractivity contribution in [2.24, 2.45) is 0 Å². The van der Waals surface area contributed by atoms with Crippen molar-refractivity contribution in [2.75, 3.05) is 19.6 Å². The summed E-state index contributed by atoms with van der Waals surface area (Å²) in [5.41, 5.74) is 26.6. The lowest BCUT2D eigenvalue weighted by Crippen LogP contribution is -2.62. The van der Waals surface area contributed by atoms with Crippen LogP contribution in [0.15, 0.2) is 212 Å². The zero-order chi connectivity index (χ0) is 61.4. The molecule has 1 aromatic heterocycles. The summed E-state index contributed by atoms with van der Waals surface area (Å²) in [7, 11) is 0. The molecule has 6 heteroatoms. The Morgan fingerprint density at radius 3 is 1.61 bits per heavy atom. The number of thiophene rings is 1. The quantitative estimate of drug-likeness (QED) is 0.154. The van der Waals surface area contributed by atoms with Crippen LogP contribution in [0.25, 0.3) is 42.4 Å². The zero-order valence-corrected chi connectivity index (χ0v) is 55.0. The predicted octanol–water partition coefficient (Wildman–Crippen LogP) is 21.6. The van der Waals surface area contributed by atoms with Crippen molar-refractivity contribution in [3.05, 3.63) is 235 Å². The predicted molar refractivity (Wildman–Crippen MR) is 387 cm³/mol. The summed E-state index contributed by atoms with van der Waals surface area (Å²) < 4.78 is 2.63. The van der Waals surface area contributed by atoms with Gasteiger partial charge in [-0.05, 0) is 178 Å². The highest BCUT2D eigenvalue weighted by Gasteiger charge is 2.60. The fourth-order valence-corrected chi connectivity index (χ4v) is 19.4. The van der Waals surface area contributed by atoms with Gasteiger partial charge in [0.25, 0.3) is 6.71 Å². The molecular formula is C84H81BN4S. The maximum absolute atomic E-state index is 2.84. The molecule has 0 N–H and O–H groups in total. The van der Waals surface area contributed by atoms with Gasteiger partial charge in [0.05, 0.1) is 27.2 Å². The minimum Gasteiger partial charge on any atom is -0.334 e. The monoisotopic (exact) mass is 1190 g/mol. The van der Waals surface area contributed by atoms with Crippen LogP contribution >= 0.6 is 11.3 Å². The number of hydrogen-bond acceptors (Lipinski definition) is 5. The second kappa shape index (κ2) is 19.6. The Labute approximate surface area is 537 Å². The fraction of sp³-hybridized carbons (Fsp3) is 0.286. The lowest BCUT2D eigenvalue weighted by Gasteiger charge is -2.51. The Kier molecular flexibility index (Phi) is 12.1. The molecule has 2 aliphatic carbocycles. The van der Waals surface area contributed by atoms with Gasteiger partial charge in [0.1, 0.15) is 0 Å². The first kappa shape index (κ1) is 55.7. The van der Waals surface area contributed by atoms with Gasteiger partial charge in [0.15, 0.2) is 0 Å². The summed E-state index contributed by atoms with van der Waals surface area (Å²) in [6.07, 6.45) is 9.41. The largest absolute Gasteiger partial charge is 0.334 e. The van der Waals surface area contributed by atoms with E-state index in [2.05, 4.69) is 301 Å². The standard InChI is InChI=1S/C84H81BN4S/c1-79(2,3)57-38-43-68(63(49-57)55-28-15-12-16-29-55)86-73-51-59(88-70-42-36-56(54-26-13-11-14-27-54)48-65(70)82(8)45-22-24-47-84(82,88)10)39-41-67(73)85-66-40-37-58(80(4,5)6)50-72(66)87(71-34-25-31-62-61-30-17-20-35-76(61)90-78(62)71)75-53-60(52-74(86)77(75)85)89-69-33-19-18-32-64(69)81(7)44-21-23-46-83(81,89)9/h11-20,25-43,48-53H,21-24,44-47H2,1-10H3. The first-order valence-electron chi connectivity index (χ1n) is 33.4. The van der Waals surface area contributed by atoms with Crippen molar-refractivity contribution in [2.45, 2.75) is 153 Å². The van der Waals surface area contributed by atoms with Crippen LogP contribution in [0.4, 0.5) is 56.9 Å². The molecule has 0 bridgehead atoms. The molecule has 446 valence electrons. The third-order valence-corrected chi connectivity index (χ3v) is 24.7. The van der Waals surface area contributed by atoms with E-state index in [1.807, 2.05) is 11.3 Å². The second-order valence-corrected chi connectivity index (χ2v) is 31.3. The SMILES string of the molecule is CC(C)(C)c1ccc(N2c3cc(N4c5ccc(-c6ccccc6)cc5C5(C)CCCCC45C)ccc3B3c4ccc(C(C)(C)C)cc4N(c4cccc5c4sc4ccccc45)c4cc(N5c6ccccc6C6(C)CCCCC56C)cc2c43)c(-c2ccccc2)c1. The van der Waals surface area contributed by atoms with E-state index in [0.717, 1.165) is 25.7 Å². The molecule has 4 nitrogen and oxygen atoms in total. The number of anilines is 10. The molecule has 4 aliphatic heterocycles. The smallest absolute Gasteiger partial charge is 0.252 e. The number of hydrogen-bond donors (Lipinski definition) is 0. The molecule has 11 aromatic rings. The number of benzene rings is 10. The van der Waals surface area contributed by atoms with Crippen LogP contribution in [0.1, 0.15) is 143 Å². The first-order chi connectivity index (χ1) is 43.4. The van der Waals surface area contributed by atoms with Crippen LogP contribution < -0.4 is 36.0 Å². The molecule has 2 saturated carbocycles. The van der Waals surface area contributed by atoms with E-state index in [0.29, 0.717) is 0 Å². The Bertz CT molecular complexity index is 4760. The van der Waals surface area contributed by atoms with Crippen LogP contribution in [0, 0.1) is 0 Å². The summed E-state index contributed by atoms with van der Waals surface area (Å²) in [6.45, 7) is 24.5. The van der Waals surface area contributed by atoms with Crippen molar-refractivity contribution < 1.29 is 0 Å². The van der Waals surface area contributed by atoms with E-state index >= 15 is 0 Å². The molecule has 5 heterocycles. The van der Waals surface area contributed by atoms with E-state index in [1.165, 1.54) is 164 Å². The molecule has 4 atom stereocenters. The summed E-state index contributed by atoms with van der Waals surface area (Å²) in [4.78, 5) is 11.2. The van der Waals surface area contributed by atoms with Gasteiger partial charge in [-0.3, -0.25) is 0 Å². The van der Waals surface area contributed by atoms with E-state index in [9.17, 15) is 0 Å². The topological polar surface area (TPSA) is 13.0 Å². The van der Waals surface area contributed by atoms with E-state index in [-0.39, 0.29) is 39.5 Å². The van der Waals surface area contributed by atoms with Gasteiger partial charge < -0.3 is 19.6 Å². The molecule has 6 aliphatic rings. The highest BCUT2D eigenvalue weighted by atomic mass is 32.1. The van der Waals surface area contributed by atoms with Gasteiger partial charge in [0, 0.05) is 77.4 Å². The number of para-hydroxylation sites is 1. The fourth-order valence-electron chi connectivity index (χ4n) is 18.2. The number of rotatable bonds is 6. The van der Waals surface area contributed by atoms with Gasteiger partial charge in [0.2, 0.25) is 0 Å². The van der Waals surface area contributed by atoms with Crippen LogP contribution in [-0.4, -0.2) is 17.8 Å². The van der Waals surface area contributed by atoms with Crippen LogP contribution in [0.2, 0.25) is 0 Å². The highest BCUT2D eigenvalue weighted by molar-refractivity contribution is 7.26. The summed E-state index contributed by atoms with van der Waals surface area (Å²) in [6, 6.07) is 83.4. The van der Waals surface area contributed by atoms with E-state index in [4.69, 9.17) is 0 Å². The van der Waals surface area contributed by atoms with Crippen molar-refractivity contribution in [1.82, 2.24) is 0 Å². The van der Waals surface area contributed by atoms with Crippen molar-refractivity contribution in [3.63, 3.8) is 0 Å². The zero-order valence-electron chi connectivity index (χ0n) is 54.1. The maximum atomic E-state index is 2.84. The minimum atomic E-state index is -0.183. The molecule has 0 amide bonds. The molecule has 0 radical (unpaired) electrons. The average molecular weight is 1190 g/mol. The maximum Gasteiger partial charge on any atom is 0.252 e. The highest BCUT2D eigenvalue weighted by Crippen LogP contribution is 2.64. The minimum absolute atomic E-state index is 0.0455. The van der Waals surface area contributed by atoms with Gasteiger partial charge in [-0.2, -0.15) is 0 Å². The van der Waals surface area contributed by atoms with E-state index in [1.54, 1.807) is 0 Å². The van der Waals surface area contributed by atoms with Crippen LogP contribution in [0.3, 0.4) is 0 Å². The summed E-state index contributed by atoms with van der Waals surface area (Å²) in [5.74, 6) is 0. The Morgan fingerprint density at radius 1 is 0.378 bits per heavy atom. The summed E-state index contributed by atoms with van der Waals surface area (Å²) in [5, 5.41) is 2.62. The first-order valence-corrected chi connectivity index (χ1v) is 34.3. The van der Waals surface area contributed by atoms with Gasteiger partial charge in [-0.1, -0.05) is 221 Å². The summed E-state index contributed by atoms with van der Waals surface area (Å²) >= 11 is 1.94. The van der Waals surface area contributed by atoms with Crippen LogP contribution in [0.5, 0.6) is 0 Å². The molecule has 17 rings (SSSR count). The number of nitrogens with zero attached hydrogens (tertiary/aromatic N) is 4. The second-order valence-electron chi connectivity index (χ2n) is 30.3. The Hall–Kier alpha value is -8.32. The Balaban J connectivity index is 1.00. The Morgan fingerprint density at radius 2 is 0.900 bits per heavy atom. The molecule has 10 aromatic carbocycles. The molecule has 2 fully saturated rings. The average Bonchev–Trinajstić information content (AvgIpc) is 1.25. The normalized spacial score (nSPS) is 22.3. The van der Waals surface area contributed by atoms with Crippen LogP contribution in [-0.2, 0) is 21.7 Å². The van der Waals surface area contributed by atoms with Gasteiger partial charge >= 0.3 is 0 Å². The van der Waals surface area contributed by atoms with Gasteiger partial charge in [-0.15, -0.1) is 11.3 Å². The molecule has 90 heavy (non-hydrogen) atoms. The lowest BCUT2D eigenvalue weighted by molar-refractivity contribution is 0.195. The molecule has 0 saturated heterocycles. The molecular weight excluding hydrogens is 1110 g/mol. The molecule has 4 unspecified atom stereocenters.